The molecule has 0 N–H and O–H groups in total. The van der Waals surface area contributed by atoms with Crippen molar-refractivity contribution in [3.8, 4) is 11.1 Å². The molecule has 2 saturated heterocycles. The second-order valence-corrected chi connectivity index (χ2v) is 11.6. The van der Waals surface area contributed by atoms with E-state index in [9.17, 15) is 18.0 Å². The first-order chi connectivity index (χ1) is 15.9. The molecule has 0 radical (unpaired) electrons. The van der Waals surface area contributed by atoms with Crippen LogP contribution in [0.5, 0.6) is 0 Å². The molecule has 0 unspecified atom stereocenters. The van der Waals surface area contributed by atoms with Crippen molar-refractivity contribution in [1.82, 2.24) is 14.7 Å². The Labute approximate surface area is 194 Å². The molecule has 2 aromatic rings. The highest BCUT2D eigenvalue weighted by Crippen LogP contribution is 2.29. The van der Waals surface area contributed by atoms with Gasteiger partial charge >= 0.3 is 6.03 Å². The Morgan fingerprint density at radius 3 is 2.24 bits per heavy atom. The molecule has 2 aliphatic heterocycles. The van der Waals surface area contributed by atoms with Crippen molar-refractivity contribution in [1.29, 1.82) is 0 Å². The lowest BCUT2D eigenvalue weighted by atomic mass is 9.92. The molecule has 0 bridgehead atoms. The standard InChI is InChI=1S/C25H29N3O4S/c29-24-18-27(25(30)28(24)23-5-2-6-23)17-19-7-9-21(10-8-19)22-4-1-3-20(15-22)16-26-11-13-33(31,32)14-12-26/h1,3-4,7-10,15,23H,2,5-6,11-14,16-18H2. The molecular weight excluding hydrogens is 438 g/mol. The Morgan fingerprint density at radius 2 is 1.58 bits per heavy atom. The SMILES string of the molecule is O=C1CN(Cc2ccc(-c3cccc(CN4CCS(=O)(=O)CC4)c3)cc2)C(=O)N1C1CCC1. The maximum Gasteiger partial charge on any atom is 0.327 e. The van der Waals surface area contributed by atoms with Gasteiger partial charge < -0.3 is 4.90 Å². The van der Waals surface area contributed by atoms with Crippen molar-refractivity contribution in [2.24, 2.45) is 0 Å². The first-order valence-corrected chi connectivity index (χ1v) is 13.4. The average Bonchev–Trinajstić information content (AvgIpc) is 3.03. The van der Waals surface area contributed by atoms with E-state index in [1.807, 2.05) is 30.3 Å². The van der Waals surface area contributed by atoms with Gasteiger partial charge in [0.25, 0.3) is 5.91 Å². The molecule has 8 heteroatoms. The number of sulfone groups is 1. The van der Waals surface area contributed by atoms with Gasteiger partial charge in [0.15, 0.2) is 9.84 Å². The van der Waals surface area contributed by atoms with E-state index in [0.717, 1.165) is 48.1 Å². The minimum atomic E-state index is -2.87. The predicted molar refractivity (Wildman–Crippen MR) is 126 cm³/mol. The molecular formula is C25H29N3O4S. The quantitative estimate of drug-likeness (QED) is 0.611. The highest BCUT2D eigenvalue weighted by Gasteiger charge is 2.42. The third kappa shape index (κ3) is 4.82. The molecule has 3 aliphatic rings. The van der Waals surface area contributed by atoms with E-state index < -0.39 is 9.84 Å². The number of benzene rings is 2. The summed E-state index contributed by atoms with van der Waals surface area (Å²) in [6.07, 6.45) is 2.94. The van der Waals surface area contributed by atoms with Crippen LogP contribution >= 0.6 is 0 Å². The molecule has 174 valence electrons. The summed E-state index contributed by atoms with van der Waals surface area (Å²) in [5, 5.41) is 0. The summed E-state index contributed by atoms with van der Waals surface area (Å²) in [5.41, 5.74) is 4.35. The first kappa shape index (κ1) is 22.1. The van der Waals surface area contributed by atoms with Gasteiger partial charge in [0.05, 0.1) is 11.5 Å². The van der Waals surface area contributed by atoms with Crippen LogP contribution in [0.2, 0.25) is 0 Å². The van der Waals surface area contributed by atoms with Crippen LogP contribution in [-0.2, 0) is 27.7 Å². The number of amides is 3. The molecule has 7 nitrogen and oxygen atoms in total. The number of carbonyl (C=O) groups excluding carboxylic acids is 2. The third-order valence-corrected chi connectivity index (χ3v) is 8.55. The van der Waals surface area contributed by atoms with Gasteiger partial charge in [-0.3, -0.25) is 14.6 Å². The number of nitrogens with zero attached hydrogens (tertiary/aromatic N) is 3. The van der Waals surface area contributed by atoms with E-state index in [1.54, 1.807) is 4.90 Å². The van der Waals surface area contributed by atoms with Crippen LogP contribution in [0.1, 0.15) is 30.4 Å². The van der Waals surface area contributed by atoms with Crippen LogP contribution < -0.4 is 0 Å². The van der Waals surface area contributed by atoms with E-state index in [0.29, 0.717) is 19.6 Å². The second-order valence-electron chi connectivity index (χ2n) is 9.31. The van der Waals surface area contributed by atoms with Crippen molar-refractivity contribution >= 4 is 21.8 Å². The number of hydrogen-bond donors (Lipinski definition) is 0. The maximum absolute atomic E-state index is 12.7. The highest BCUT2D eigenvalue weighted by molar-refractivity contribution is 7.91. The summed E-state index contributed by atoms with van der Waals surface area (Å²) in [4.78, 5) is 30.2. The van der Waals surface area contributed by atoms with Gasteiger partial charge in [0.2, 0.25) is 0 Å². The summed E-state index contributed by atoms with van der Waals surface area (Å²) in [6, 6.07) is 16.4. The van der Waals surface area contributed by atoms with Gasteiger partial charge in [-0.1, -0.05) is 42.5 Å². The van der Waals surface area contributed by atoms with E-state index in [2.05, 4.69) is 23.1 Å². The molecule has 33 heavy (non-hydrogen) atoms. The van der Waals surface area contributed by atoms with E-state index >= 15 is 0 Å². The summed E-state index contributed by atoms with van der Waals surface area (Å²) in [6.45, 7) is 2.50. The average molecular weight is 468 g/mol. The van der Waals surface area contributed by atoms with Crippen LogP contribution in [0.25, 0.3) is 11.1 Å². The van der Waals surface area contributed by atoms with Gasteiger partial charge in [-0.15, -0.1) is 0 Å². The minimum Gasteiger partial charge on any atom is -0.311 e. The summed E-state index contributed by atoms with van der Waals surface area (Å²) in [7, 11) is -2.87. The lowest BCUT2D eigenvalue weighted by molar-refractivity contribution is -0.128. The second kappa shape index (κ2) is 8.91. The first-order valence-electron chi connectivity index (χ1n) is 11.6. The Balaban J connectivity index is 1.22. The molecule has 1 saturated carbocycles. The number of rotatable bonds is 6. The fourth-order valence-electron chi connectivity index (χ4n) is 4.73. The number of urea groups is 1. The fourth-order valence-corrected chi connectivity index (χ4v) is 6.01. The zero-order valence-corrected chi connectivity index (χ0v) is 19.5. The van der Waals surface area contributed by atoms with Crippen LogP contribution in [-0.4, -0.2) is 72.2 Å². The Kier molecular flexibility index (Phi) is 5.97. The number of hydrogen-bond acceptors (Lipinski definition) is 5. The molecule has 2 aromatic carbocycles. The predicted octanol–water partition coefficient (Wildman–Crippen LogP) is 2.90. The Bertz CT molecular complexity index is 1140. The van der Waals surface area contributed by atoms with Gasteiger partial charge in [-0.2, -0.15) is 0 Å². The lowest BCUT2D eigenvalue weighted by Gasteiger charge is -2.32. The fraction of sp³-hybridized carbons (Fsp3) is 0.440. The minimum absolute atomic E-state index is 0.0792. The Morgan fingerprint density at radius 1 is 0.848 bits per heavy atom. The number of imide groups is 1. The van der Waals surface area contributed by atoms with E-state index in [-0.39, 0.29) is 36.0 Å². The molecule has 3 fully saturated rings. The molecule has 2 heterocycles. The topological polar surface area (TPSA) is 78.0 Å². The van der Waals surface area contributed by atoms with Crippen molar-refractivity contribution in [2.45, 2.75) is 38.4 Å². The molecule has 0 aromatic heterocycles. The van der Waals surface area contributed by atoms with Crippen molar-refractivity contribution in [3.63, 3.8) is 0 Å². The monoisotopic (exact) mass is 467 g/mol. The van der Waals surface area contributed by atoms with Crippen LogP contribution in [0.3, 0.4) is 0 Å². The van der Waals surface area contributed by atoms with Gasteiger partial charge in [-0.25, -0.2) is 13.2 Å². The molecule has 0 spiro atoms. The Hall–Kier alpha value is -2.71. The van der Waals surface area contributed by atoms with Crippen LogP contribution in [0.4, 0.5) is 4.79 Å². The van der Waals surface area contributed by atoms with Crippen molar-refractivity contribution < 1.29 is 18.0 Å². The molecule has 0 atom stereocenters. The summed E-state index contributed by atoms with van der Waals surface area (Å²) >= 11 is 0. The highest BCUT2D eigenvalue weighted by atomic mass is 32.2. The smallest absolute Gasteiger partial charge is 0.311 e. The van der Waals surface area contributed by atoms with Crippen molar-refractivity contribution in [3.05, 3.63) is 59.7 Å². The van der Waals surface area contributed by atoms with Gasteiger partial charge in [0, 0.05) is 32.2 Å². The number of carbonyl (C=O) groups is 2. The van der Waals surface area contributed by atoms with Crippen molar-refractivity contribution in [2.75, 3.05) is 31.1 Å². The zero-order valence-electron chi connectivity index (χ0n) is 18.7. The van der Waals surface area contributed by atoms with Crippen LogP contribution in [0, 0.1) is 0 Å². The molecule has 1 aliphatic carbocycles. The largest absolute Gasteiger partial charge is 0.327 e. The summed E-state index contributed by atoms with van der Waals surface area (Å²) in [5.74, 6) is 0.388. The van der Waals surface area contributed by atoms with E-state index in [1.165, 1.54) is 4.90 Å². The van der Waals surface area contributed by atoms with Gasteiger partial charge in [0.1, 0.15) is 6.54 Å². The maximum atomic E-state index is 12.7. The molecule has 5 rings (SSSR count). The molecule has 3 amide bonds. The summed E-state index contributed by atoms with van der Waals surface area (Å²) < 4.78 is 23.3. The third-order valence-electron chi connectivity index (χ3n) is 6.94. The van der Waals surface area contributed by atoms with E-state index in [4.69, 9.17) is 0 Å². The lowest BCUT2D eigenvalue weighted by Crippen LogP contribution is -2.44. The normalized spacial score (nSPS) is 21.5. The van der Waals surface area contributed by atoms with Gasteiger partial charge in [-0.05, 0) is 47.6 Å². The zero-order chi connectivity index (χ0) is 23.0. The van der Waals surface area contributed by atoms with Crippen LogP contribution in [0.15, 0.2) is 48.5 Å².